The molecule has 28 heavy (non-hydrogen) atoms. The summed E-state index contributed by atoms with van der Waals surface area (Å²) in [5.41, 5.74) is 4.72. The number of hydrogen-bond donors (Lipinski definition) is 1. The Balaban J connectivity index is 1.70. The molecule has 1 heteroatoms. The van der Waals surface area contributed by atoms with E-state index in [1.807, 2.05) is 0 Å². The van der Waals surface area contributed by atoms with E-state index in [-0.39, 0.29) is 6.10 Å². The summed E-state index contributed by atoms with van der Waals surface area (Å²) in [5, 5.41) is 10.0. The van der Waals surface area contributed by atoms with Gasteiger partial charge in [0.1, 0.15) is 0 Å². The zero-order valence-corrected chi connectivity index (χ0v) is 19.0. The number of allylic oxidation sites excluding steroid dienone is 4. The average molecular weight is 385 g/mol. The lowest BCUT2D eigenvalue weighted by atomic mass is 9.60. The van der Waals surface area contributed by atoms with Crippen molar-refractivity contribution in [2.45, 2.75) is 104 Å². The quantitative estimate of drug-likeness (QED) is 0.499. The molecule has 3 rings (SSSR count). The first-order valence-electron chi connectivity index (χ1n) is 12.1. The Hall–Kier alpha value is -0.820. The third kappa shape index (κ3) is 4.84. The lowest BCUT2D eigenvalue weighted by Gasteiger charge is -2.44. The van der Waals surface area contributed by atoms with Gasteiger partial charge in [-0.2, -0.15) is 0 Å². The zero-order chi connectivity index (χ0) is 20.3. The van der Waals surface area contributed by atoms with Crippen molar-refractivity contribution >= 4 is 0 Å². The van der Waals surface area contributed by atoms with E-state index in [0.717, 1.165) is 42.9 Å². The zero-order valence-electron chi connectivity index (χ0n) is 19.0. The predicted molar refractivity (Wildman–Crippen MR) is 121 cm³/mol. The highest BCUT2D eigenvalue weighted by Crippen LogP contribution is 2.59. The Morgan fingerprint density at radius 1 is 1.11 bits per heavy atom. The Bertz CT molecular complexity index is 610. The molecule has 5 atom stereocenters. The first kappa shape index (κ1) is 21.9. The molecule has 0 amide bonds. The highest BCUT2D eigenvalue weighted by Gasteiger charge is 2.50. The molecule has 158 valence electrons. The van der Waals surface area contributed by atoms with Crippen molar-refractivity contribution in [2.24, 2.45) is 29.1 Å². The van der Waals surface area contributed by atoms with Crippen molar-refractivity contribution in [3.05, 3.63) is 35.5 Å². The highest BCUT2D eigenvalue weighted by molar-refractivity contribution is 5.36. The van der Waals surface area contributed by atoms with Crippen LogP contribution in [-0.4, -0.2) is 11.2 Å². The molecule has 3 aliphatic carbocycles. The molecular weight excluding hydrogens is 340 g/mol. The minimum atomic E-state index is -0.172. The lowest BCUT2D eigenvalue weighted by Crippen LogP contribution is -2.36. The molecule has 3 fully saturated rings. The summed E-state index contributed by atoms with van der Waals surface area (Å²) in [4.78, 5) is 0. The van der Waals surface area contributed by atoms with Gasteiger partial charge < -0.3 is 5.11 Å². The molecule has 0 aliphatic heterocycles. The molecule has 3 saturated carbocycles. The van der Waals surface area contributed by atoms with Crippen LogP contribution in [0.1, 0.15) is 98.3 Å². The highest BCUT2D eigenvalue weighted by atomic mass is 16.3. The standard InChI is InChI=1S/C27H44O/c1-19(2)8-6-9-21(4)25-15-16-26-22(10-7-17-27(25,26)5)12-13-23-18-24(28)14-11-20(23)3/h12-13,19,21,24-26,28H,3,6-11,14-18H2,1-2,4-5H3/b22-12+,23-13-/t21-,24+,25-,26+,27?/m1/s1. The molecule has 1 unspecified atom stereocenters. The Morgan fingerprint density at radius 2 is 1.89 bits per heavy atom. The van der Waals surface area contributed by atoms with Gasteiger partial charge in [-0.15, -0.1) is 0 Å². The lowest BCUT2D eigenvalue weighted by molar-refractivity contribution is 0.0929. The summed E-state index contributed by atoms with van der Waals surface area (Å²) in [6.07, 6.45) is 18.2. The second kappa shape index (κ2) is 9.33. The smallest absolute Gasteiger partial charge is 0.0583 e. The summed E-state index contributed by atoms with van der Waals surface area (Å²) >= 11 is 0. The van der Waals surface area contributed by atoms with E-state index in [4.69, 9.17) is 0 Å². The summed E-state index contributed by atoms with van der Waals surface area (Å²) < 4.78 is 0. The number of aliphatic hydroxyl groups is 1. The minimum Gasteiger partial charge on any atom is -0.393 e. The maximum atomic E-state index is 10.0. The van der Waals surface area contributed by atoms with Gasteiger partial charge in [0.2, 0.25) is 0 Å². The van der Waals surface area contributed by atoms with Gasteiger partial charge in [-0.3, -0.25) is 0 Å². The van der Waals surface area contributed by atoms with Crippen molar-refractivity contribution in [1.82, 2.24) is 0 Å². The molecule has 0 saturated heterocycles. The predicted octanol–water partition coefficient (Wildman–Crippen LogP) is 7.62. The fourth-order valence-electron chi connectivity index (χ4n) is 6.66. The van der Waals surface area contributed by atoms with Crippen LogP contribution in [0.3, 0.4) is 0 Å². The van der Waals surface area contributed by atoms with Gasteiger partial charge in [-0.25, -0.2) is 0 Å². The second-order valence-corrected chi connectivity index (χ2v) is 10.8. The maximum absolute atomic E-state index is 10.0. The van der Waals surface area contributed by atoms with Crippen molar-refractivity contribution in [2.75, 3.05) is 0 Å². The first-order chi connectivity index (χ1) is 13.3. The summed E-state index contributed by atoms with van der Waals surface area (Å²) in [5.74, 6) is 3.37. The summed E-state index contributed by atoms with van der Waals surface area (Å²) in [6, 6.07) is 0. The second-order valence-electron chi connectivity index (χ2n) is 10.8. The van der Waals surface area contributed by atoms with E-state index < -0.39 is 0 Å². The molecular formula is C27H44O. The van der Waals surface area contributed by atoms with Gasteiger partial charge in [-0.1, -0.05) is 76.8 Å². The number of rotatable bonds is 6. The largest absolute Gasteiger partial charge is 0.393 e. The van der Waals surface area contributed by atoms with Crippen molar-refractivity contribution < 1.29 is 5.11 Å². The fourth-order valence-corrected chi connectivity index (χ4v) is 6.66. The van der Waals surface area contributed by atoms with Crippen LogP contribution in [0.4, 0.5) is 0 Å². The molecule has 0 aromatic rings. The normalized spacial score (nSPS) is 37.6. The van der Waals surface area contributed by atoms with Crippen LogP contribution in [0, 0.1) is 29.1 Å². The molecule has 3 aliphatic rings. The van der Waals surface area contributed by atoms with Gasteiger partial charge >= 0.3 is 0 Å². The van der Waals surface area contributed by atoms with Crippen LogP contribution in [0.2, 0.25) is 0 Å². The molecule has 0 radical (unpaired) electrons. The molecule has 1 N–H and O–H groups in total. The Labute approximate surface area is 174 Å². The van der Waals surface area contributed by atoms with Crippen LogP contribution in [-0.2, 0) is 0 Å². The summed E-state index contributed by atoms with van der Waals surface area (Å²) in [7, 11) is 0. The number of fused-ring (bicyclic) bond motifs is 1. The average Bonchev–Trinajstić information content (AvgIpc) is 2.99. The van der Waals surface area contributed by atoms with Crippen molar-refractivity contribution in [3.8, 4) is 0 Å². The fraction of sp³-hybridized carbons (Fsp3) is 0.778. The SMILES string of the molecule is C=C1CC[C@H](O)C/C1=C/C=C1\CCCC2(C)[C@@H]([C@H](C)CCCC(C)C)CC[C@@H]12. The van der Waals surface area contributed by atoms with Gasteiger partial charge in [0, 0.05) is 0 Å². The molecule has 0 heterocycles. The van der Waals surface area contributed by atoms with Crippen LogP contribution in [0.15, 0.2) is 35.5 Å². The van der Waals surface area contributed by atoms with Gasteiger partial charge in [0.25, 0.3) is 0 Å². The number of aliphatic hydroxyl groups excluding tert-OH is 1. The third-order valence-electron chi connectivity index (χ3n) is 8.35. The monoisotopic (exact) mass is 384 g/mol. The molecule has 0 spiro atoms. The topological polar surface area (TPSA) is 20.2 Å². The van der Waals surface area contributed by atoms with E-state index in [1.54, 1.807) is 5.57 Å². The minimum absolute atomic E-state index is 0.172. The number of hydrogen-bond acceptors (Lipinski definition) is 1. The van der Waals surface area contributed by atoms with E-state index in [0.29, 0.717) is 5.41 Å². The van der Waals surface area contributed by atoms with E-state index >= 15 is 0 Å². The van der Waals surface area contributed by atoms with E-state index in [9.17, 15) is 5.11 Å². The first-order valence-corrected chi connectivity index (χ1v) is 12.1. The maximum Gasteiger partial charge on any atom is 0.0583 e. The van der Waals surface area contributed by atoms with E-state index in [1.165, 1.54) is 62.5 Å². The Kier molecular flexibility index (Phi) is 7.29. The van der Waals surface area contributed by atoms with Crippen molar-refractivity contribution in [3.63, 3.8) is 0 Å². The van der Waals surface area contributed by atoms with Gasteiger partial charge in [0.05, 0.1) is 6.10 Å². The third-order valence-corrected chi connectivity index (χ3v) is 8.35. The van der Waals surface area contributed by atoms with Crippen LogP contribution in [0.5, 0.6) is 0 Å². The molecule has 0 aromatic heterocycles. The van der Waals surface area contributed by atoms with Gasteiger partial charge in [0.15, 0.2) is 0 Å². The summed E-state index contributed by atoms with van der Waals surface area (Å²) in [6.45, 7) is 14.1. The Morgan fingerprint density at radius 3 is 2.64 bits per heavy atom. The van der Waals surface area contributed by atoms with Crippen LogP contribution in [0.25, 0.3) is 0 Å². The molecule has 1 nitrogen and oxygen atoms in total. The van der Waals surface area contributed by atoms with Crippen LogP contribution >= 0.6 is 0 Å². The molecule has 0 aromatic carbocycles. The van der Waals surface area contributed by atoms with E-state index in [2.05, 4.69) is 46.4 Å². The van der Waals surface area contributed by atoms with Crippen LogP contribution < -0.4 is 0 Å². The van der Waals surface area contributed by atoms with Crippen molar-refractivity contribution in [1.29, 1.82) is 0 Å². The molecule has 0 bridgehead atoms. The van der Waals surface area contributed by atoms with Gasteiger partial charge in [-0.05, 0) is 86.0 Å².